The normalized spacial score (nSPS) is 18.6. The maximum atomic E-state index is 13.1. The number of carbonyl (C=O) groups is 1. The molecule has 0 saturated carbocycles. The Morgan fingerprint density at radius 1 is 0.815 bits per heavy atom. The van der Waals surface area contributed by atoms with E-state index in [1.54, 1.807) is 4.90 Å². The Balaban J connectivity index is 1.91. The van der Waals surface area contributed by atoms with E-state index in [0.717, 1.165) is 12.8 Å². The van der Waals surface area contributed by atoms with Crippen LogP contribution in [-0.4, -0.2) is 24.9 Å². The minimum Gasteiger partial charge on any atom is -0.349 e. The second-order valence-corrected chi connectivity index (χ2v) is 7.51. The van der Waals surface area contributed by atoms with Crippen LogP contribution in [0, 0.1) is 5.92 Å². The van der Waals surface area contributed by atoms with E-state index in [1.165, 1.54) is 27.8 Å². The van der Waals surface area contributed by atoms with Gasteiger partial charge in [-0.05, 0) is 40.7 Å². The SMILES string of the molecule is CN(C)C(=O)C1CCc2ccccc2C1c1ccccc1-c1ccccc1. The highest BCUT2D eigenvalue weighted by atomic mass is 16.2. The molecule has 3 aromatic rings. The predicted molar refractivity (Wildman–Crippen MR) is 111 cm³/mol. The van der Waals surface area contributed by atoms with Crippen molar-refractivity contribution < 1.29 is 4.79 Å². The van der Waals surface area contributed by atoms with Gasteiger partial charge in [-0.1, -0.05) is 78.9 Å². The Hall–Kier alpha value is -2.87. The van der Waals surface area contributed by atoms with Crippen LogP contribution >= 0.6 is 0 Å². The Morgan fingerprint density at radius 2 is 1.44 bits per heavy atom. The molecule has 0 spiro atoms. The molecule has 1 aliphatic carbocycles. The maximum absolute atomic E-state index is 13.1. The Kier molecular flexibility index (Phi) is 4.81. The molecule has 0 N–H and O–H groups in total. The summed E-state index contributed by atoms with van der Waals surface area (Å²) in [6, 6.07) is 27.7. The van der Waals surface area contributed by atoms with E-state index in [9.17, 15) is 4.79 Å². The summed E-state index contributed by atoms with van der Waals surface area (Å²) in [6.45, 7) is 0. The molecule has 0 aliphatic heterocycles. The maximum Gasteiger partial charge on any atom is 0.226 e. The fourth-order valence-electron chi connectivity index (χ4n) is 4.39. The summed E-state index contributed by atoms with van der Waals surface area (Å²) in [5, 5.41) is 0. The van der Waals surface area contributed by atoms with Crippen molar-refractivity contribution in [2.45, 2.75) is 18.8 Å². The lowest BCUT2D eigenvalue weighted by molar-refractivity contribution is -0.133. The summed E-state index contributed by atoms with van der Waals surface area (Å²) in [7, 11) is 3.73. The van der Waals surface area contributed by atoms with Crippen LogP contribution in [-0.2, 0) is 11.2 Å². The second kappa shape index (κ2) is 7.40. The highest BCUT2D eigenvalue weighted by Gasteiger charge is 2.37. The first kappa shape index (κ1) is 17.5. The topological polar surface area (TPSA) is 20.3 Å². The quantitative estimate of drug-likeness (QED) is 0.637. The number of amides is 1. The zero-order valence-electron chi connectivity index (χ0n) is 15.9. The Labute approximate surface area is 161 Å². The van der Waals surface area contributed by atoms with Gasteiger partial charge in [-0.15, -0.1) is 0 Å². The van der Waals surface area contributed by atoms with Crippen LogP contribution in [0.3, 0.4) is 0 Å². The molecule has 0 fully saturated rings. The highest BCUT2D eigenvalue weighted by molar-refractivity contribution is 5.82. The largest absolute Gasteiger partial charge is 0.349 e. The van der Waals surface area contributed by atoms with Gasteiger partial charge in [-0.2, -0.15) is 0 Å². The van der Waals surface area contributed by atoms with E-state index in [2.05, 4.69) is 72.8 Å². The first-order valence-electron chi connectivity index (χ1n) is 9.60. The average molecular weight is 355 g/mol. The summed E-state index contributed by atoms with van der Waals surface area (Å²) in [6.07, 6.45) is 1.85. The Bertz CT molecular complexity index is 945. The molecule has 0 bridgehead atoms. The van der Waals surface area contributed by atoms with Crippen molar-refractivity contribution in [3.8, 4) is 11.1 Å². The summed E-state index contributed by atoms with van der Waals surface area (Å²) >= 11 is 0. The summed E-state index contributed by atoms with van der Waals surface area (Å²) in [4.78, 5) is 14.8. The number of nitrogens with zero attached hydrogens (tertiary/aromatic N) is 1. The molecule has 2 atom stereocenters. The number of hydrogen-bond donors (Lipinski definition) is 0. The van der Waals surface area contributed by atoms with Crippen LogP contribution in [0.2, 0.25) is 0 Å². The van der Waals surface area contributed by atoms with E-state index in [-0.39, 0.29) is 17.7 Å². The minimum absolute atomic E-state index is 0.0280. The smallest absolute Gasteiger partial charge is 0.226 e. The summed E-state index contributed by atoms with van der Waals surface area (Å²) < 4.78 is 0. The van der Waals surface area contributed by atoms with E-state index < -0.39 is 0 Å². The van der Waals surface area contributed by atoms with Gasteiger partial charge in [-0.25, -0.2) is 0 Å². The van der Waals surface area contributed by atoms with Gasteiger partial charge >= 0.3 is 0 Å². The molecule has 0 saturated heterocycles. The van der Waals surface area contributed by atoms with Crippen LogP contribution in [0.15, 0.2) is 78.9 Å². The van der Waals surface area contributed by atoms with Gasteiger partial charge in [0.1, 0.15) is 0 Å². The molecule has 136 valence electrons. The number of carbonyl (C=O) groups excluding carboxylic acids is 1. The first-order chi connectivity index (χ1) is 13.2. The van der Waals surface area contributed by atoms with Crippen LogP contribution in [0.5, 0.6) is 0 Å². The molecule has 4 rings (SSSR count). The highest BCUT2D eigenvalue weighted by Crippen LogP contribution is 2.44. The number of aryl methyl sites for hydroxylation is 1. The van der Waals surface area contributed by atoms with Gasteiger partial charge in [0.2, 0.25) is 5.91 Å². The molecular formula is C25H25NO. The number of rotatable bonds is 3. The van der Waals surface area contributed by atoms with Crippen molar-refractivity contribution >= 4 is 5.91 Å². The monoisotopic (exact) mass is 355 g/mol. The van der Waals surface area contributed by atoms with Crippen molar-refractivity contribution in [1.82, 2.24) is 4.90 Å². The third-order valence-corrected chi connectivity index (χ3v) is 5.66. The minimum atomic E-state index is -0.0280. The van der Waals surface area contributed by atoms with Crippen LogP contribution in [0.25, 0.3) is 11.1 Å². The summed E-state index contributed by atoms with van der Waals surface area (Å²) in [5.41, 5.74) is 6.33. The molecule has 3 aromatic carbocycles. The van der Waals surface area contributed by atoms with E-state index in [4.69, 9.17) is 0 Å². The standard InChI is InChI=1S/C25H25NO/c1-26(2)25(27)23-17-16-19-12-6-7-14-21(19)24(23)22-15-9-8-13-20(22)18-10-4-3-5-11-18/h3-15,23-24H,16-17H2,1-2H3. The van der Waals surface area contributed by atoms with Gasteiger partial charge in [0.25, 0.3) is 0 Å². The average Bonchev–Trinajstić information content (AvgIpc) is 2.73. The molecule has 0 heterocycles. The lowest BCUT2D eigenvalue weighted by Crippen LogP contribution is -2.36. The van der Waals surface area contributed by atoms with E-state index in [1.807, 2.05) is 20.2 Å². The van der Waals surface area contributed by atoms with Crippen molar-refractivity contribution in [2.75, 3.05) is 14.1 Å². The fraction of sp³-hybridized carbons (Fsp3) is 0.240. The van der Waals surface area contributed by atoms with Gasteiger partial charge in [0.05, 0.1) is 0 Å². The van der Waals surface area contributed by atoms with Gasteiger partial charge < -0.3 is 4.90 Å². The Morgan fingerprint density at radius 3 is 2.19 bits per heavy atom. The molecule has 1 aliphatic rings. The number of benzene rings is 3. The van der Waals surface area contributed by atoms with Crippen LogP contribution < -0.4 is 0 Å². The molecule has 2 nitrogen and oxygen atoms in total. The van der Waals surface area contributed by atoms with Crippen molar-refractivity contribution in [3.05, 3.63) is 95.6 Å². The molecule has 0 radical (unpaired) electrons. The van der Waals surface area contributed by atoms with E-state index in [0.29, 0.717) is 0 Å². The molecular weight excluding hydrogens is 330 g/mol. The van der Waals surface area contributed by atoms with Gasteiger partial charge in [-0.3, -0.25) is 4.79 Å². The van der Waals surface area contributed by atoms with Crippen molar-refractivity contribution in [2.24, 2.45) is 5.92 Å². The summed E-state index contributed by atoms with van der Waals surface area (Å²) in [5.74, 6) is 0.276. The lowest BCUT2D eigenvalue weighted by Gasteiger charge is -2.35. The first-order valence-corrected chi connectivity index (χ1v) is 9.60. The van der Waals surface area contributed by atoms with E-state index >= 15 is 0 Å². The third kappa shape index (κ3) is 3.28. The van der Waals surface area contributed by atoms with Crippen molar-refractivity contribution in [1.29, 1.82) is 0 Å². The zero-order chi connectivity index (χ0) is 18.8. The second-order valence-electron chi connectivity index (χ2n) is 7.51. The van der Waals surface area contributed by atoms with Crippen LogP contribution in [0.1, 0.15) is 29.0 Å². The number of hydrogen-bond acceptors (Lipinski definition) is 1. The van der Waals surface area contributed by atoms with Gasteiger partial charge in [0.15, 0.2) is 0 Å². The molecule has 0 aromatic heterocycles. The predicted octanol–water partition coefficient (Wildman–Crippen LogP) is 5.14. The molecule has 2 heteroatoms. The van der Waals surface area contributed by atoms with Gasteiger partial charge in [0, 0.05) is 25.9 Å². The van der Waals surface area contributed by atoms with Crippen molar-refractivity contribution in [3.63, 3.8) is 0 Å². The third-order valence-electron chi connectivity index (χ3n) is 5.66. The van der Waals surface area contributed by atoms with Crippen LogP contribution in [0.4, 0.5) is 0 Å². The fourth-order valence-corrected chi connectivity index (χ4v) is 4.39. The molecule has 27 heavy (non-hydrogen) atoms. The molecule has 2 unspecified atom stereocenters. The number of fused-ring (bicyclic) bond motifs is 1. The lowest BCUT2D eigenvalue weighted by atomic mass is 9.70. The molecule has 1 amide bonds. The zero-order valence-corrected chi connectivity index (χ0v) is 15.9.